The van der Waals surface area contributed by atoms with Gasteiger partial charge in [0, 0.05) is 15.6 Å². The maximum absolute atomic E-state index is 6.15. The molecule has 1 aliphatic carbocycles. The van der Waals surface area contributed by atoms with Crippen molar-refractivity contribution in [3.05, 3.63) is 27.0 Å². The second kappa shape index (κ2) is 6.06. The Labute approximate surface area is 114 Å². The summed E-state index contributed by atoms with van der Waals surface area (Å²) in [5, 5.41) is 0. The Morgan fingerprint density at radius 1 is 1.35 bits per heavy atom. The topological polar surface area (TPSA) is 0 Å². The van der Waals surface area contributed by atoms with Crippen molar-refractivity contribution in [2.24, 2.45) is 5.92 Å². The lowest BCUT2D eigenvalue weighted by molar-refractivity contribution is 0.405. The van der Waals surface area contributed by atoms with Crippen molar-refractivity contribution >= 4 is 29.0 Å². The van der Waals surface area contributed by atoms with Crippen LogP contribution in [0.2, 0.25) is 0 Å². The predicted molar refractivity (Wildman–Crippen MR) is 79.1 cm³/mol. The van der Waals surface area contributed by atoms with Crippen LogP contribution in [0.15, 0.2) is 11.6 Å². The summed E-state index contributed by atoms with van der Waals surface area (Å²) in [5.41, 5.74) is 2.83. The van der Waals surface area contributed by atoms with Gasteiger partial charge in [0.1, 0.15) is 0 Å². The van der Waals surface area contributed by atoms with E-state index >= 15 is 0 Å². The van der Waals surface area contributed by atoms with Crippen LogP contribution in [0.1, 0.15) is 47.4 Å². The first-order valence-corrected chi connectivity index (χ1v) is 7.89. The van der Waals surface area contributed by atoms with E-state index in [0.717, 1.165) is 5.92 Å². The van der Waals surface area contributed by atoms with Crippen molar-refractivity contribution in [1.29, 1.82) is 0 Å². The zero-order valence-electron chi connectivity index (χ0n) is 10.8. The zero-order chi connectivity index (χ0) is 12.3. The molecule has 0 N–H and O–H groups in total. The number of rotatable bonds is 3. The summed E-state index contributed by atoms with van der Waals surface area (Å²) in [4.78, 5) is 2.81. The van der Waals surface area contributed by atoms with E-state index in [1.165, 1.54) is 53.0 Å². The average Bonchev–Trinajstić information content (AvgIpc) is 2.66. The minimum absolute atomic E-state index is 0.693. The van der Waals surface area contributed by atoms with Crippen molar-refractivity contribution in [3.63, 3.8) is 0 Å². The molecule has 0 saturated heterocycles. The van der Waals surface area contributed by atoms with Crippen LogP contribution in [-0.4, -0.2) is 5.88 Å². The van der Waals surface area contributed by atoms with Gasteiger partial charge in [-0.3, -0.25) is 0 Å². The van der Waals surface area contributed by atoms with Crippen LogP contribution >= 0.6 is 22.9 Å². The van der Waals surface area contributed by atoms with E-state index in [9.17, 15) is 0 Å². The molecule has 2 heteroatoms. The fourth-order valence-electron chi connectivity index (χ4n) is 2.73. The molecule has 1 aromatic heterocycles. The summed E-state index contributed by atoms with van der Waals surface area (Å²) in [6.45, 7) is 4.38. The smallest absolute Gasteiger partial charge is 0.0439 e. The molecule has 1 aliphatic rings. The third-order valence-electron chi connectivity index (χ3n) is 3.70. The summed E-state index contributed by atoms with van der Waals surface area (Å²) in [6.07, 6.45) is 9.17. The predicted octanol–water partition coefficient (Wildman–Crippen LogP) is 5.57. The van der Waals surface area contributed by atoms with Gasteiger partial charge in [-0.05, 0) is 44.2 Å². The highest BCUT2D eigenvalue weighted by Crippen LogP contribution is 2.33. The van der Waals surface area contributed by atoms with Crippen molar-refractivity contribution < 1.29 is 0 Å². The Kier molecular flexibility index (Phi) is 4.69. The number of alkyl halides is 1. The molecule has 0 atom stereocenters. The third-order valence-corrected chi connectivity index (χ3v) is 4.99. The van der Waals surface area contributed by atoms with Gasteiger partial charge in [0.2, 0.25) is 0 Å². The molecular formula is C15H21ClS. The van der Waals surface area contributed by atoms with Crippen LogP contribution in [0.3, 0.4) is 0 Å². The molecule has 0 aliphatic heterocycles. The van der Waals surface area contributed by atoms with E-state index < -0.39 is 0 Å². The van der Waals surface area contributed by atoms with E-state index in [4.69, 9.17) is 11.6 Å². The summed E-state index contributed by atoms with van der Waals surface area (Å²) in [6, 6.07) is 2.29. The van der Waals surface area contributed by atoms with Gasteiger partial charge in [-0.2, -0.15) is 0 Å². The second-order valence-electron chi connectivity index (χ2n) is 5.06. The summed E-state index contributed by atoms with van der Waals surface area (Å²) in [5.74, 6) is 1.43. The highest BCUT2D eigenvalue weighted by molar-refractivity contribution is 7.12. The lowest BCUT2D eigenvalue weighted by atomic mass is 9.84. The number of allylic oxidation sites excluding steroid dienone is 1. The van der Waals surface area contributed by atoms with Crippen molar-refractivity contribution in [2.75, 3.05) is 5.88 Å². The van der Waals surface area contributed by atoms with Gasteiger partial charge in [0.25, 0.3) is 0 Å². The monoisotopic (exact) mass is 268 g/mol. The van der Waals surface area contributed by atoms with Crippen molar-refractivity contribution in [2.45, 2.75) is 46.0 Å². The number of thiophene rings is 1. The van der Waals surface area contributed by atoms with Gasteiger partial charge in [-0.25, -0.2) is 0 Å². The number of halogens is 1. The SMILES string of the molecule is Cc1cc(C=C(CCl)C2CCCCC2)c(C)s1. The molecule has 1 aromatic rings. The molecule has 0 amide bonds. The lowest BCUT2D eigenvalue weighted by Gasteiger charge is -2.23. The van der Waals surface area contributed by atoms with E-state index in [0.29, 0.717) is 5.88 Å². The quantitative estimate of drug-likeness (QED) is 0.629. The molecule has 1 saturated carbocycles. The van der Waals surface area contributed by atoms with Gasteiger partial charge in [0.15, 0.2) is 0 Å². The zero-order valence-corrected chi connectivity index (χ0v) is 12.3. The maximum atomic E-state index is 6.15. The maximum Gasteiger partial charge on any atom is 0.0439 e. The van der Waals surface area contributed by atoms with Crippen LogP contribution in [0.25, 0.3) is 6.08 Å². The van der Waals surface area contributed by atoms with Crippen LogP contribution in [0.5, 0.6) is 0 Å². The fraction of sp³-hybridized carbons (Fsp3) is 0.600. The Bertz CT molecular complexity index is 397. The minimum atomic E-state index is 0.693. The molecule has 0 nitrogen and oxygen atoms in total. The van der Waals surface area contributed by atoms with E-state index in [1.54, 1.807) is 0 Å². The molecule has 1 fully saturated rings. The molecule has 94 valence electrons. The van der Waals surface area contributed by atoms with Gasteiger partial charge in [-0.1, -0.05) is 30.9 Å². The largest absolute Gasteiger partial charge is 0.145 e. The first-order chi connectivity index (χ1) is 8.20. The molecule has 0 spiro atoms. The Balaban J connectivity index is 2.19. The third kappa shape index (κ3) is 3.35. The van der Waals surface area contributed by atoms with Gasteiger partial charge < -0.3 is 0 Å². The molecule has 17 heavy (non-hydrogen) atoms. The van der Waals surface area contributed by atoms with Crippen molar-refractivity contribution in [3.8, 4) is 0 Å². The summed E-state index contributed by atoms with van der Waals surface area (Å²) < 4.78 is 0. The van der Waals surface area contributed by atoms with Crippen LogP contribution in [-0.2, 0) is 0 Å². The molecule has 2 rings (SSSR count). The van der Waals surface area contributed by atoms with Crippen LogP contribution < -0.4 is 0 Å². The van der Waals surface area contributed by atoms with Gasteiger partial charge in [0.05, 0.1) is 0 Å². The molecule has 0 unspecified atom stereocenters. The standard InChI is InChI=1S/C15H21ClS/c1-11-8-14(12(2)17-11)9-15(10-16)13-6-4-3-5-7-13/h8-9,13H,3-7,10H2,1-2H3. The summed E-state index contributed by atoms with van der Waals surface area (Å²) >= 11 is 8.03. The first kappa shape index (κ1) is 13.2. The molecule has 0 bridgehead atoms. The minimum Gasteiger partial charge on any atom is -0.145 e. The Morgan fingerprint density at radius 2 is 2.06 bits per heavy atom. The molecule has 0 radical (unpaired) electrons. The van der Waals surface area contributed by atoms with E-state index in [1.807, 2.05) is 11.3 Å². The fourth-order valence-corrected chi connectivity index (χ4v) is 3.93. The second-order valence-corrected chi connectivity index (χ2v) is 6.78. The van der Waals surface area contributed by atoms with Gasteiger partial charge in [-0.15, -0.1) is 22.9 Å². The van der Waals surface area contributed by atoms with E-state index in [2.05, 4.69) is 26.0 Å². The molecular weight excluding hydrogens is 248 g/mol. The number of hydrogen-bond donors (Lipinski definition) is 0. The molecule has 0 aromatic carbocycles. The van der Waals surface area contributed by atoms with Crippen molar-refractivity contribution in [1.82, 2.24) is 0 Å². The van der Waals surface area contributed by atoms with E-state index in [-0.39, 0.29) is 0 Å². The summed E-state index contributed by atoms with van der Waals surface area (Å²) in [7, 11) is 0. The Hall–Kier alpha value is -0.270. The van der Waals surface area contributed by atoms with Crippen LogP contribution in [0.4, 0.5) is 0 Å². The lowest BCUT2D eigenvalue weighted by Crippen LogP contribution is -2.10. The first-order valence-electron chi connectivity index (χ1n) is 6.54. The van der Waals surface area contributed by atoms with Gasteiger partial charge >= 0.3 is 0 Å². The van der Waals surface area contributed by atoms with Crippen LogP contribution in [0, 0.1) is 19.8 Å². The average molecular weight is 269 g/mol. The number of hydrogen-bond acceptors (Lipinski definition) is 1. The highest BCUT2D eigenvalue weighted by Gasteiger charge is 2.17. The normalized spacial score (nSPS) is 18.6. The number of aryl methyl sites for hydroxylation is 2. The highest BCUT2D eigenvalue weighted by atomic mass is 35.5. The molecule has 1 heterocycles. The Morgan fingerprint density at radius 3 is 2.59 bits per heavy atom.